The third kappa shape index (κ3) is 4.54. The Labute approximate surface area is 282 Å². The van der Waals surface area contributed by atoms with Crippen LogP contribution in [0.15, 0.2) is 176 Å². The second-order valence-corrected chi connectivity index (χ2v) is 13.4. The molecule has 1 aliphatic carbocycles. The first-order valence-corrected chi connectivity index (χ1v) is 16.8. The van der Waals surface area contributed by atoms with Crippen molar-refractivity contribution in [2.24, 2.45) is 0 Å². The van der Waals surface area contributed by atoms with Crippen LogP contribution in [0.25, 0.3) is 54.9 Å². The van der Waals surface area contributed by atoms with Crippen molar-refractivity contribution < 1.29 is 0 Å². The standard InChI is InChI=1S/C47H35N/c1-47(2)44-22-12-21-41(46(44)43-30-36-24-23-34-15-9-10-20-40(34)42(36)31-45(43)47)35-16-11-19-39(29-35)48(37-17-7-4-8-18-37)38-27-25-33(26-28-38)32-13-5-3-6-14-32/h3-31H,1-2H3. The van der Waals surface area contributed by atoms with Crippen LogP contribution >= 0.6 is 0 Å². The third-order valence-corrected chi connectivity index (χ3v) is 10.2. The maximum Gasteiger partial charge on any atom is 0.0467 e. The number of nitrogens with zero attached hydrogens (tertiary/aromatic N) is 1. The van der Waals surface area contributed by atoms with Crippen molar-refractivity contribution in [3.8, 4) is 33.4 Å². The highest BCUT2D eigenvalue weighted by molar-refractivity contribution is 6.10. The molecule has 1 heteroatoms. The Bertz CT molecular complexity index is 2460. The smallest absolute Gasteiger partial charge is 0.0467 e. The summed E-state index contributed by atoms with van der Waals surface area (Å²) in [7, 11) is 0. The molecule has 0 aromatic heterocycles. The van der Waals surface area contributed by atoms with E-state index in [1.165, 1.54) is 66.1 Å². The molecule has 8 aromatic carbocycles. The summed E-state index contributed by atoms with van der Waals surface area (Å²) in [5, 5.41) is 5.21. The molecule has 9 rings (SSSR count). The van der Waals surface area contributed by atoms with E-state index < -0.39 is 0 Å². The summed E-state index contributed by atoms with van der Waals surface area (Å²) in [5.74, 6) is 0. The fourth-order valence-electron chi connectivity index (χ4n) is 7.80. The van der Waals surface area contributed by atoms with Crippen molar-refractivity contribution in [2.75, 3.05) is 4.90 Å². The summed E-state index contributed by atoms with van der Waals surface area (Å²) in [5.41, 5.74) is 13.7. The molecule has 1 aliphatic rings. The predicted octanol–water partition coefficient (Wildman–Crippen LogP) is 13.1. The van der Waals surface area contributed by atoms with Gasteiger partial charge >= 0.3 is 0 Å². The quantitative estimate of drug-likeness (QED) is 0.175. The Kier molecular flexibility index (Phi) is 6.55. The van der Waals surface area contributed by atoms with Crippen LogP contribution in [0.2, 0.25) is 0 Å². The lowest BCUT2D eigenvalue weighted by Crippen LogP contribution is -2.14. The number of benzene rings is 8. The fraction of sp³-hybridized carbons (Fsp3) is 0.0638. The zero-order chi connectivity index (χ0) is 32.2. The molecule has 0 atom stereocenters. The molecule has 48 heavy (non-hydrogen) atoms. The molecular weight excluding hydrogens is 579 g/mol. The fourth-order valence-corrected chi connectivity index (χ4v) is 7.80. The van der Waals surface area contributed by atoms with Crippen LogP contribution in [0.5, 0.6) is 0 Å². The van der Waals surface area contributed by atoms with Gasteiger partial charge in [-0.25, -0.2) is 0 Å². The van der Waals surface area contributed by atoms with Gasteiger partial charge in [0.2, 0.25) is 0 Å². The Hall–Kier alpha value is -5.92. The first-order valence-electron chi connectivity index (χ1n) is 16.8. The summed E-state index contributed by atoms with van der Waals surface area (Å²) in [6.45, 7) is 4.76. The molecule has 0 aliphatic heterocycles. The Balaban J connectivity index is 1.19. The van der Waals surface area contributed by atoms with Gasteiger partial charge in [-0.05, 0) is 115 Å². The zero-order valence-electron chi connectivity index (χ0n) is 27.2. The molecule has 0 spiro atoms. The predicted molar refractivity (Wildman–Crippen MR) is 205 cm³/mol. The van der Waals surface area contributed by atoms with E-state index in [9.17, 15) is 0 Å². The van der Waals surface area contributed by atoms with E-state index in [-0.39, 0.29) is 5.41 Å². The highest BCUT2D eigenvalue weighted by Crippen LogP contribution is 2.53. The van der Waals surface area contributed by atoms with Gasteiger partial charge in [0.15, 0.2) is 0 Å². The maximum atomic E-state index is 2.46. The molecule has 1 nitrogen and oxygen atoms in total. The van der Waals surface area contributed by atoms with Crippen molar-refractivity contribution in [2.45, 2.75) is 19.3 Å². The highest BCUT2D eigenvalue weighted by Gasteiger charge is 2.37. The molecule has 0 saturated carbocycles. The summed E-state index contributed by atoms with van der Waals surface area (Å²) in [6.07, 6.45) is 0. The average Bonchev–Trinajstić information content (AvgIpc) is 3.37. The molecule has 8 aromatic rings. The zero-order valence-corrected chi connectivity index (χ0v) is 27.2. The minimum atomic E-state index is -0.111. The van der Waals surface area contributed by atoms with E-state index in [0.717, 1.165) is 17.1 Å². The van der Waals surface area contributed by atoms with E-state index >= 15 is 0 Å². The van der Waals surface area contributed by atoms with E-state index in [1.54, 1.807) is 0 Å². The van der Waals surface area contributed by atoms with E-state index in [2.05, 4.69) is 195 Å². The van der Waals surface area contributed by atoms with Gasteiger partial charge in [0.05, 0.1) is 0 Å². The Morgan fingerprint density at radius 2 is 1.00 bits per heavy atom. The Morgan fingerprint density at radius 1 is 0.375 bits per heavy atom. The van der Waals surface area contributed by atoms with Crippen LogP contribution < -0.4 is 4.90 Å². The molecule has 0 amide bonds. The number of para-hydroxylation sites is 1. The van der Waals surface area contributed by atoms with Crippen LogP contribution in [0.1, 0.15) is 25.0 Å². The topological polar surface area (TPSA) is 3.24 Å². The van der Waals surface area contributed by atoms with Gasteiger partial charge in [-0.1, -0.05) is 141 Å². The van der Waals surface area contributed by atoms with Crippen molar-refractivity contribution in [1.82, 2.24) is 0 Å². The van der Waals surface area contributed by atoms with Gasteiger partial charge in [0.1, 0.15) is 0 Å². The summed E-state index contributed by atoms with van der Waals surface area (Å²) in [6, 6.07) is 64.2. The normalized spacial score (nSPS) is 13.0. The summed E-state index contributed by atoms with van der Waals surface area (Å²) < 4.78 is 0. The molecule has 0 bridgehead atoms. The number of rotatable bonds is 5. The van der Waals surface area contributed by atoms with Gasteiger partial charge in [-0.3, -0.25) is 0 Å². The van der Waals surface area contributed by atoms with Crippen LogP contribution in [-0.4, -0.2) is 0 Å². The lowest BCUT2D eigenvalue weighted by atomic mass is 9.81. The van der Waals surface area contributed by atoms with Gasteiger partial charge in [0.25, 0.3) is 0 Å². The molecular formula is C47H35N. The van der Waals surface area contributed by atoms with Crippen molar-refractivity contribution >= 4 is 38.6 Å². The van der Waals surface area contributed by atoms with Crippen LogP contribution in [-0.2, 0) is 5.41 Å². The first-order chi connectivity index (χ1) is 23.6. The lowest BCUT2D eigenvalue weighted by molar-refractivity contribution is 0.661. The molecule has 0 saturated heterocycles. The van der Waals surface area contributed by atoms with Gasteiger partial charge in [-0.2, -0.15) is 0 Å². The van der Waals surface area contributed by atoms with E-state index in [0.29, 0.717) is 0 Å². The number of hydrogen-bond acceptors (Lipinski definition) is 1. The van der Waals surface area contributed by atoms with Gasteiger partial charge < -0.3 is 4.90 Å². The second-order valence-electron chi connectivity index (χ2n) is 13.4. The average molecular weight is 614 g/mol. The maximum absolute atomic E-state index is 2.46. The third-order valence-electron chi connectivity index (χ3n) is 10.2. The van der Waals surface area contributed by atoms with Gasteiger partial charge in [0, 0.05) is 22.5 Å². The first kappa shape index (κ1) is 28.3. The van der Waals surface area contributed by atoms with E-state index in [1.807, 2.05) is 0 Å². The molecule has 0 heterocycles. The highest BCUT2D eigenvalue weighted by atomic mass is 15.1. The van der Waals surface area contributed by atoms with Gasteiger partial charge in [-0.15, -0.1) is 0 Å². The summed E-state index contributed by atoms with van der Waals surface area (Å²) >= 11 is 0. The van der Waals surface area contributed by atoms with E-state index in [4.69, 9.17) is 0 Å². The molecule has 0 unspecified atom stereocenters. The molecule has 0 fully saturated rings. The lowest BCUT2D eigenvalue weighted by Gasteiger charge is -2.26. The minimum Gasteiger partial charge on any atom is -0.310 e. The van der Waals surface area contributed by atoms with Crippen LogP contribution in [0.4, 0.5) is 17.1 Å². The van der Waals surface area contributed by atoms with Crippen LogP contribution in [0.3, 0.4) is 0 Å². The molecule has 228 valence electrons. The van der Waals surface area contributed by atoms with Crippen molar-refractivity contribution in [3.05, 3.63) is 187 Å². The number of anilines is 3. The van der Waals surface area contributed by atoms with Crippen molar-refractivity contribution in [3.63, 3.8) is 0 Å². The summed E-state index contributed by atoms with van der Waals surface area (Å²) in [4.78, 5) is 2.36. The van der Waals surface area contributed by atoms with Crippen LogP contribution in [0, 0.1) is 0 Å². The Morgan fingerprint density at radius 3 is 1.81 bits per heavy atom. The minimum absolute atomic E-state index is 0.111. The largest absolute Gasteiger partial charge is 0.310 e. The second kappa shape index (κ2) is 11.1. The molecule has 0 N–H and O–H groups in total. The number of fused-ring (bicyclic) bond motifs is 6. The monoisotopic (exact) mass is 613 g/mol. The van der Waals surface area contributed by atoms with Crippen molar-refractivity contribution in [1.29, 1.82) is 0 Å². The SMILES string of the molecule is CC1(C)c2cc3c(ccc4ccccc43)cc2-c2c(-c3cccc(N(c4ccccc4)c4ccc(-c5ccccc5)cc4)c3)cccc21. The molecule has 0 radical (unpaired) electrons. The number of hydrogen-bond donors (Lipinski definition) is 0.